The molecule has 0 radical (unpaired) electrons. The summed E-state index contributed by atoms with van der Waals surface area (Å²) in [6, 6.07) is 0.745. The molecule has 0 atom stereocenters. The number of rotatable bonds is 6. The van der Waals surface area contributed by atoms with Crippen molar-refractivity contribution in [2.45, 2.75) is 70.4 Å². The molecule has 1 aliphatic heterocycles. The maximum Gasteiger partial charge on any atom is 0.113 e. The summed E-state index contributed by atoms with van der Waals surface area (Å²) in [4.78, 5) is 7.61. The maximum atomic E-state index is 4.99. The Morgan fingerprint density at radius 1 is 1.38 bits per heavy atom. The summed E-state index contributed by atoms with van der Waals surface area (Å²) in [6.07, 6.45) is 6.40. The predicted molar refractivity (Wildman–Crippen MR) is 90.0 cm³/mol. The van der Waals surface area contributed by atoms with E-state index in [4.69, 9.17) is 4.98 Å². The number of hydrogen-bond acceptors (Lipinski definition) is 4. The Morgan fingerprint density at radius 3 is 2.62 bits per heavy atom. The van der Waals surface area contributed by atoms with Gasteiger partial charge in [-0.15, -0.1) is 11.3 Å². The molecule has 3 rings (SSSR count). The highest BCUT2D eigenvalue weighted by Crippen LogP contribution is 2.39. The largest absolute Gasteiger partial charge is 0.303 e. The zero-order valence-electron chi connectivity index (χ0n) is 13.7. The van der Waals surface area contributed by atoms with Gasteiger partial charge < -0.3 is 10.2 Å². The zero-order valence-corrected chi connectivity index (χ0v) is 14.5. The number of nitrogens with zero attached hydrogens (tertiary/aromatic N) is 2. The van der Waals surface area contributed by atoms with Gasteiger partial charge in [-0.25, -0.2) is 4.98 Å². The molecule has 2 fully saturated rings. The van der Waals surface area contributed by atoms with E-state index in [1.807, 2.05) is 11.3 Å². The van der Waals surface area contributed by atoms with Gasteiger partial charge in [-0.1, -0.05) is 20.8 Å². The first-order valence-corrected chi connectivity index (χ1v) is 9.47. The number of hydrogen-bond donors (Lipinski definition) is 1. The van der Waals surface area contributed by atoms with Crippen LogP contribution in [0.3, 0.4) is 0 Å². The summed E-state index contributed by atoms with van der Waals surface area (Å²) >= 11 is 1.88. The third kappa shape index (κ3) is 3.49. The molecule has 118 valence electrons. The van der Waals surface area contributed by atoms with Crippen molar-refractivity contribution in [2.75, 3.05) is 19.6 Å². The Kier molecular flexibility index (Phi) is 4.67. The quantitative estimate of drug-likeness (QED) is 0.868. The molecule has 1 aromatic heterocycles. The lowest BCUT2D eigenvalue weighted by Gasteiger charge is -2.41. The van der Waals surface area contributed by atoms with Crippen molar-refractivity contribution in [3.8, 4) is 0 Å². The van der Waals surface area contributed by atoms with Crippen LogP contribution in [0.2, 0.25) is 0 Å². The van der Waals surface area contributed by atoms with Crippen molar-refractivity contribution in [2.24, 2.45) is 0 Å². The Balaban J connectivity index is 1.76. The van der Waals surface area contributed by atoms with Crippen LogP contribution < -0.4 is 5.32 Å². The molecule has 4 heteroatoms. The molecule has 0 aromatic carbocycles. The third-order valence-electron chi connectivity index (χ3n) is 4.83. The van der Waals surface area contributed by atoms with E-state index in [0.29, 0.717) is 5.92 Å². The van der Waals surface area contributed by atoms with Crippen LogP contribution in [0.1, 0.15) is 69.5 Å². The number of likely N-dealkylation sites (tertiary alicyclic amines) is 1. The predicted octanol–water partition coefficient (Wildman–Crippen LogP) is 3.72. The first-order valence-electron chi connectivity index (χ1n) is 8.59. The molecular formula is C17H29N3S. The average Bonchev–Trinajstić information content (AvgIpc) is 3.13. The van der Waals surface area contributed by atoms with Gasteiger partial charge in [0.25, 0.3) is 0 Å². The van der Waals surface area contributed by atoms with Crippen LogP contribution in [0.15, 0.2) is 5.38 Å². The molecule has 0 unspecified atom stereocenters. The lowest BCUT2D eigenvalue weighted by Crippen LogP contribution is -2.52. The summed E-state index contributed by atoms with van der Waals surface area (Å²) < 4.78 is 0. The smallest absolute Gasteiger partial charge is 0.113 e. The van der Waals surface area contributed by atoms with Gasteiger partial charge in [0.2, 0.25) is 0 Å². The number of nitrogens with one attached hydrogen (secondary N) is 1. The minimum Gasteiger partial charge on any atom is -0.303 e. The Morgan fingerprint density at radius 2 is 2.10 bits per heavy atom. The molecule has 1 saturated heterocycles. The maximum absolute atomic E-state index is 4.99. The number of piperidine rings is 1. The van der Waals surface area contributed by atoms with Crippen molar-refractivity contribution >= 4 is 11.3 Å². The van der Waals surface area contributed by atoms with Gasteiger partial charge in [-0.3, -0.25) is 0 Å². The molecule has 0 bridgehead atoms. The van der Waals surface area contributed by atoms with E-state index in [9.17, 15) is 0 Å². The average molecular weight is 308 g/mol. The summed E-state index contributed by atoms with van der Waals surface area (Å²) in [6.45, 7) is 10.4. The molecular weight excluding hydrogens is 278 g/mol. The molecule has 3 nitrogen and oxygen atoms in total. The molecule has 0 spiro atoms. The van der Waals surface area contributed by atoms with Gasteiger partial charge in [0.05, 0.1) is 11.2 Å². The highest BCUT2D eigenvalue weighted by Gasteiger charge is 2.42. The van der Waals surface area contributed by atoms with Gasteiger partial charge >= 0.3 is 0 Å². The van der Waals surface area contributed by atoms with Crippen molar-refractivity contribution in [3.63, 3.8) is 0 Å². The molecule has 2 heterocycles. The van der Waals surface area contributed by atoms with Crippen molar-refractivity contribution in [1.29, 1.82) is 0 Å². The van der Waals surface area contributed by atoms with Crippen molar-refractivity contribution in [1.82, 2.24) is 15.2 Å². The van der Waals surface area contributed by atoms with Gasteiger partial charge in [0.15, 0.2) is 0 Å². The van der Waals surface area contributed by atoms with E-state index in [2.05, 4.69) is 36.4 Å². The highest BCUT2D eigenvalue weighted by molar-refractivity contribution is 7.09. The summed E-state index contributed by atoms with van der Waals surface area (Å²) in [7, 11) is 0. The summed E-state index contributed by atoms with van der Waals surface area (Å²) in [5.74, 6) is 0.535. The second-order valence-corrected chi connectivity index (χ2v) is 7.93. The lowest BCUT2D eigenvalue weighted by molar-refractivity contribution is 0.132. The fourth-order valence-corrected chi connectivity index (χ4v) is 4.49. The van der Waals surface area contributed by atoms with E-state index in [1.165, 1.54) is 62.4 Å². The molecule has 0 amide bonds. The van der Waals surface area contributed by atoms with E-state index >= 15 is 0 Å². The number of thiazole rings is 1. The van der Waals surface area contributed by atoms with E-state index in [1.54, 1.807) is 0 Å². The van der Waals surface area contributed by atoms with E-state index < -0.39 is 0 Å². The zero-order chi connectivity index (χ0) is 14.9. The van der Waals surface area contributed by atoms with Crippen LogP contribution >= 0.6 is 11.3 Å². The molecule has 1 aliphatic carbocycles. The second kappa shape index (κ2) is 6.35. The SMILES string of the molecule is CCCN1CCC(NC2CC2)(c2nc(C(C)C)cs2)CC1. The standard InChI is InChI=1S/C17H29N3S/c1-4-9-20-10-7-17(8-11-20,19-14-5-6-14)16-18-15(12-21-16)13(2)3/h12-14,19H,4-11H2,1-3H3. The normalized spacial score (nSPS) is 22.9. The molecule has 1 aromatic rings. The van der Waals surface area contributed by atoms with Gasteiger partial charge in [0.1, 0.15) is 5.01 Å². The second-order valence-electron chi connectivity index (χ2n) is 7.07. The van der Waals surface area contributed by atoms with Crippen LogP contribution in [0, 0.1) is 0 Å². The van der Waals surface area contributed by atoms with Crippen LogP contribution in [0.4, 0.5) is 0 Å². The van der Waals surface area contributed by atoms with Crippen LogP contribution in [0.5, 0.6) is 0 Å². The molecule has 2 aliphatic rings. The topological polar surface area (TPSA) is 28.2 Å². The Bertz CT molecular complexity index is 456. The van der Waals surface area contributed by atoms with Crippen LogP contribution in [-0.4, -0.2) is 35.6 Å². The number of aromatic nitrogens is 1. The van der Waals surface area contributed by atoms with Crippen molar-refractivity contribution in [3.05, 3.63) is 16.1 Å². The molecule has 1 N–H and O–H groups in total. The van der Waals surface area contributed by atoms with Gasteiger partial charge in [-0.05, 0) is 44.6 Å². The van der Waals surface area contributed by atoms with Gasteiger partial charge in [0, 0.05) is 24.5 Å². The first kappa shape index (κ1) is 15.4. The monoisotopic (exact) mass is 307 g/mol. The highest BCUT2D eigenvalue weighted by atomic mass is 32.1. The Hall–Kier alpha value is -0.450. The fourth-order valence-electron chi connectivity index (χ4n) is 3.28. The van der Waals surface area contributed by atoms with Gasteiger partial charge in [-0.2, -0.15) is 0 Å². The lowest BCUT2D eigenvalue weighted by atomic mass is 9.87. The van der Waals surface area contributed by atoms with E-state index in [0.717, 1.165) is 6.04 Å². The first-order chi connectivity index (χ1) is 10.1. The minimum atomic E-state index is 0.156. The summed E-state index contributed by atoms with van der Waals surface area (Å²) in [5.41, 5.74) is 1.42. The fraction of sp³-hybridized carbons (Fsp3) is 0.824. The molecule has 1 saturated carbocycles. The van der Waals surface area contributed by atoms with Crippen molar-refractivity contribution < 1.29 is 0 Å². The summed E-state index contributed by atoms with van der Waals surface area (Å²) in [5, 5.41) is 7.57. The van der Waals surface area contributed by atoms with Crippen LogP contribution in [-0.2, 0) is 5.54 Å². The third-order valence-corrected chi connectivity index (χ3v) is 5.89. The minimum absolute atomic E-state index is 0.156. The Labute approximate surface area is 133 Å². The van der Waals surface area contributed by atoms with E-state index in [-0.39, 0.29) is 5.54 Å². The molecule has 21 heavy (non-hydrogen) atoms. The van der Waals surface area contributed by atoms with Crippen LogP contribution in [0.25, 0.3) is 0 Å².